The molecule has 23 heavy (non-hydrogen) atoms. The van der Waals surface area contributed by atoms with Crippen LogP contribution in [0.25, 0.3) is 0 Å². The number of thiocarbonyl (C=S) groups is 1. The van der Waals surface area contributed by atoms with Crippen LogP contribution < -0.4 is 15.5 Å². The molecule has 0 aromatic heterocycles. The summed E-state index contributed by atoms with van der Waals surface area (Å²) in [6.45, 7) is 7.05. The summed E-state index contributed by atoms with van der Waals surface area (Å²) in [6.07, 6.45) is 0. The molecule has 2 aromatic carbocycles. The van der Waals surface area contributed by atoms with Gasteiger partial charge in [0.1, 0.15) is 0 Å². The van der Waals surface area contributed by atoms with Crippen LogP contribution in [0.4, 0.5) is 11.4 Å². The summed E-state index contributed by atoms with van der Waals surface area (Å²) in [7, 11) is 4.08. The smallest absolute Gasteiger partial charge is 0.171 e. The van der Waals surface area contributed by atoms with Crippen LogP contribution in [0.3, 0.4) is 0 Å². The number of aryl methyl sites for hydroxylation is 3. The van der Waals surface area contributed by atoms with E-state index in [0.717, 1.165) is 5.69 Å². The average Bonchev–Trinajstić information content (AvgIpc) is 2.51. The van der Waals surface area contributed by atoms with E-state index in [1.54, 1.807) is 0 Å². The number of nitrogens with zero attached hydrogens (tertiary/aromatic N) is 1. The Balaban J connectivity index is 1.94. The Morgan fingerprint density at radius 3 is 2.17 bits per heavy atom. The van der Waals surface area contributed by atoms with Gasteiger partial charge in [0, 0.05) is 32.0 Å². The van der Waals surface area contributed by atoms with Gasteiger partial charge in [-0.1, -0.05) is 18.2 Å². The van der Waals surface area contributed by atoms with Crippen LogP contribution in [-0.2, 0) is 6.54 Å². The van der Waals surface area contributed by atoms with Crippen molar-refractivity contribution in [1.82, 2.24) is 5.32 Å². The zero-order valence-electron chi connectivity index (χ0n) is 14.5. The van der Waals surface area contributed by atoms with Crippen LogP contribution in [-0.4, -0.2) is 19.2 Å². The third-order valence-electron chi connectivity index (χ3n) is 3.99. The van der Waals surface area contributed by atoms with Crippen LogP contribution >= 0.6 is 12.2 Å². The zero-order valence-corrected chi connectivity index (χ0v) is 15.3. The summed E-state index contributed by atoms with van der Waals surface area (Å²) in [5.74, 6) is 0. The van der Waals surface area contributed by atoms with E-state index in [1.807, 2.05) is 14.1 Å². The number of hydrogen-bond acceptors (Lipinski definition) is 2. The van der Waals surface area contributed by atoms with Gasteiger partial charge in [-0.2, -0.15) is 0 Å². The standard InChI is InChI=1S/C19H25N3S/c1-13-10-15(3)18(11-14(13)2)21-19(23)20-12-16-6-8-17(9-7-16)22(4)5/h6-11H,12H2,1-5H3,(H2,20,21,23). The highest BCUT2D eigenvalue weighted by atomic mass is 32.1. The molecule has 2 rings (SSSR count). The van der Waals surface area contributed by atoms with Gasteiger partial charge in [-0.25, -0.2) is 0 Å². The van der Waals surface area contributed by atoms with E-state index in [2.05, 4.69) is 72.7 Å². The number of hydrogen-bond donors (Lipinski definition) is 2. The van der Waals surface area contributed by atoms with Gasteiger partial charge < -0.3 is 15.5 Å². The number of anilines is 2. The number of nitrogens with one attached hydrogen (secondary N) is 2. The third-order valence-corrected chi connectivity index (χ3v) is 4.24. The molecule has 0 spiro atoms. The van der Waals surface area contributed by atoms with Gasteiger partial charge in [0.05, 0.1) is 0 Å². The minimum atomic E-state index is 0.646. The molecule has 0 amide bonds. The first-order chi connectivity index (χ1) is 10.9. The molecule has 4 heteroatoms. The zero-order chi connectivity index (χ0) is 17.0. The Morgan fingerprint density at radius 1 is 0.957 bits per heavy atom. The second kappa shape index (κ2) is 7.47. The summed E-state index contributed by atoms with van der Waals surface area (Å²) < 4.78 is 0. The van der Waals surface area contributed by atoms with E-state index < -0.39 is 0 Å². The van der Waals surface area contributed by atoms with Crippen molar-refractivity contribution in [3.63, 3.8) is 0 Å². The lowest BCUT2D eigenvalue weighted by Gasteiger charge is -2.15. The summed E-state index contributed by atoms with van der Waals surface area (Å²) in [6, 6.07) is 12.8. The lowest BCUT2D eigenvalue weighted by molar-refractivity contribution is 0.924. The van der Waals surface area contributed by atoms with Crippen LogP contribution in [0.15, 0.2) is 36.4 Å². The van der Waals surface area contributed by atoms with Crippen molar-refractivity contribution < 1.29 is 0 Å². The Morgan fingerprint density at radius 2 is 1.57 bits per heavy atom. The SMILES string of the molecule is Cc1cc(C)c(NC(=S)NCc2ccc(N(C)C)cc2)cc1C. The molecule has 122 valence electrons. The van der Waals surface area contributed by atoms with Gasteiger partial charge in [-0.05, 0) is 73.4 Å². The second-order valence-corrected chi connectivity index (χ2v) is 6.53. The van der Waals surface area contributed by atoms with Crippen molar-refractivity contribution in [3.05, 3.63) is 58.7 Å². The minimum absolute atomic E-state index is 0.646. The van der Waals surface area contributed by atoms with Gasteiger partial charge in [0.15, 0.2) is 5.11 Å². The van der Waals surface area contributed by atoms with E-state index in [1.165, 1.54) is 27.9 Å². The fraction of sp³-hybridized carbons (Fsp3) is 0.316. The Labute approximate surface area is 144 Å². The highest BCUT2D eigenvalue weighted by molar-refractivity contribution is 7.80. The minimum Gasteiger partial charge on any atom is -0.378 e. The predicted molar refractivity (Wildman–Crippen MR) is 104 cm³/mol. The van der Waals surface area contributed by atoms with Crippen molar-refractivity contribution in [2.75, 3.05) is 24.3 Å². The van der Waals surface area contributed by atoms with Crippen molar-refractivity contribution in [2.45, 2.75) is 27.3 Å². The first-order valence-corrected chi connectivity index (χ1v) is 8.16. The molecular formula is C19H25N3S. The van der Waals surface area contributed by atoms with Gasteiger partial charge in [0.2, 0.25) is 0 Å². The molecule has 2 N–H and O–H groups in total. The average molecular weight is 327 g/mol. The molecule has 0 aliphatic carbocycles. The summed E-state index contributed by atoms with van der Waals surface area (Å²) in [5, 5.41) is 7.20. The lowest BCUT2D eigenvalue weighted by atomic mass is 10.1. The number of benzene rings is 2. The summed E-state index contributed by atoms with van der Waals surface area (Å²) >= 11 is 5.41. The van der Waals surface area contributed by atoms with Crippen molar-refractivity contribution >= 4 is 28.7 Å². The molecule has 0 radical (unpaired) electrons. The molecule has 3 nitrogen and oxygen atoms in total. The van der Waals surface area contributed by atoms with E-state index in [0.29, 0.717) is 11.7 Å². The fourth-order valence-corrected chi connectivity index (χ4v) is 2.54. The topological polar surface area (TPSA) is 27.3 Å². The molecule has 0 aliphatic rings. The normalized spacial score (nSPS) is 10.3. The van der Waals surface area contributed by atoms with Crippen LogP contribution in [0.1, 0.15) is 22.3 Å². The quantitative estimate of drug-likeness (QED) is 0.825. The van der Waals surface area contributed by atoms with Gasteiger partial charge in [0.25, 0.3) is 0 Å². The van der Waals surface area contributed by atoms with Gasteiger partial charge in [-0.3, -0.25) is 0 Å². The van der Waals surface area contributed by atoms with Crippen LogP contribution in [0, 0.1) is 20.8 Å². The predicted octanol–water partition coefficient (Wildman–Crippen LogP) is 4.16. The molecule has 2 aromatic rings. The maximum absolute atomic E-state index is 5.41. The Hall–Kier alpha value is -2.07. The van der Waals surface area contributed by atoms with E-state index in [-0.39, 0.29) is 0 Å². The monoisotopic (exact) mass is 327 g/mol. The Bertz CT molecular complexity index is 691. The lowest BCUT2D eigenvalue weighted by Crippen LogP contribution is -2.28. The molecule has 0 fully saturated rings. The molecule has 0 atom stereocenters. The highest BCUT2D eigenvalue weighted by Gasteiger charge is 2.04. The maximum Gasteiger partial charge on any atom is 0.171 e. The Kier molecular flexibility index (Phi) is 5.61. The third kappa shape index (κ3) is 4.70. The maximum atomic E-state index is 5.41. The van der Waals surface area contributed by atoms with Crippen molar-refractivity contribution in [1.29, 1.82) is 0 Å². The fourth-order valence-electron chi connectivity index (χ4n) is 2.36. The van der Waals surface area contributed by atoms with Crippen molar-refractivity contribution in [3.8, 4) is 0 Å². The van der Waals surface area contributed by atoms with E-state index in [9.17, 15) is 0 Å². The molecular weight excluding hydrogens is 302 g/mol. The van der Waals surface area contributed by atoms with Gasteiger partial charge >= 0.3 is 0 Å². The first-order valence-electron chi connectivity index (χ1n) is 7.76. The summed E-state index contributed by atoms with van der Waals surface area (Å²) in [4.78, 5) is 2.09. The first kappa shape index (κ1) is 17.3. The number of rotatable bonds is 4. The van der Waals surface area contributed by atoms with E-state index in [4.69, 9.17) is 12.2 Å². The second-order valence-electron chi connectivity index (χ2n) is 6.12. The largest absolute Gasteiger partial charge is 0.378 e. The van der Waals surface area contributed by atoms with Crippen molar-refractivity contribution in [2.24, 2.45) is 0 Å². The van der Waals surface area contributed by atoms with Crippen LogP contribution in [0.5, 0.6) is 0 Å². The highest BCUT2D eigenvalue weighted by Crippen LogP contribution is 2.20. The van der Waals surface area contributed by atoms with Gasteiger partial charge in [-0.15, -0.1) is 0 Å². The summed E-state index contributed by atoms with van der Waals surface area (Å²) in [5.41, 5.74) is 7.23. The van der Waals surface area contributed by atoms with Crippen LogP contribution in [0.2, 0.25) is 0 Å². The molecule has 0 saturated carbocycles. The molecule has 0 aliphatic heterocycles. The molecule has 0 unspecified atom stereocenters. The molecule has 0 heterocycles. The molecule has 0 bridgehead atoms. The van der Waals surface area contributed by atoms with E-state index >= 15 is 0 Å². The molecule has 0 saturated heterocycles.